The Morgan fingerprint density at radius 2 is 1.73 bits per heavy atom. The number of nitrogens with one attached hydrogen (secondary N) is 2. The van der Waals surface area contributed by atoms with E-state index in [0.717, 1.165) is 27.3 Å². The molecule has 0 unspecified atom stereocenters. The van der Waals surface area contributed by atoms with Gasteiger partial charge in [-0.25, -0.2) is 9.69 Å². The number of nitrogens with zero attached hydrogens (tertiary/aromatic N) is 1. The number of carbonyl (C=O) groups excluding carboxylic acids is 3. The first kappa shape index (κ1) is 22.1. The Labute approximate surface area is 195 Å². The average Bonchev–Trinajstić information content (AvgIpc) is 3.08. The normalized spacial score (nSPS) is 14.4. The molecule has 0 bridgehead atoms. The molecule has 166 valence electrons. The van der Waals surface area contributed by atoms with E-state index < -0.39 is 24.4 Å². The van der Waals surface area contributed by atoms with Crippen molar-refractivity contribution < 1.29 is 19.1 Å². The molecular weight excluding hydrogens is 442 g/mol. The zero-order chi connectivity index (χ0) is 23.4. The number of rotatable bonds is 6. The number of anilines is 1. The van der Waals surface area contributed by atoms with Crippen molar-refractivity contribution in [3.8, 4) is 16.9 Å². The van der Waals surface area contributed by atoms with Crippen molar-refractivity contribution in [1.29, 1.82) is 0 Å². The van der Waals surface area contributed by atoms with E-state index in [-0.39, 0.29) is 5.70 Å². The number of carbonyl (C=O) groups is 3. The number of benzene rings is 3. The fourth-order valence-electron chi connectivity index (χ4n) is 3.37. The topological polar surface area (TPSA) is 87.7 Å². The van der Waals surface area contributed by atoms with Crippen LogP contribution in [-0.2, 0) is 9.59 Å². The molecule has 3 aromatic carbocycles. The van der Waals surface area contributed by atoms with Gasteiger partial charge in [0.15, 0.2) is 0 Å². The number of ether oxygens (including phenoxy) is 1. The van der Waals surface area contributed by atoms with Crippen LogP contribution in [0.2, 0.25) is 5.02 Å². The molecule has 1 saturated heterocycles. The lowest BCUT2D eigenvalue weighted by molar-refractivity contribution is -0.127. The minimum absolute atomic E-state index is 0.0992. The Morgan fingerprint density at radius 1 is 1.03 bits per heavy atom. The average molecular weight is 462 g/mol. The molecular formula is C25H20ClN3O4. The molecule has 0 spiro atoms. The Bertz CT molecular complexity index is 1250. The highest BCUT2D eigenvalue weighted by molar-refractivity contribution is 6.30. The van der Waals surface area contributed by atoms with Crippen LogP contribution in [0.3, 0.4) is 0 Å². The number of halogens is 1. The lowest BCUT2D eigenvalue weighted by Crippen LogP contribution is -2.38. The molecule has 3 aromatic rings. The fourth-order valence-corrected chi connectivity index (χ4v) is 3.50. The monoisotopic (exact) mass is 461 g/mol. The molecule has 33 heavy (non-hydrogen) atoms. The maximum absolute atomic E-state index is 12.8. The second-order valence-electron chi connectivity index (χ2n) is 7.29. The Morgan fingerprint density at radius 3 is 2.45 bits per heavy atom. The summed E-state index contributed by atoms with van der Waals surface area (Å²) in [7, 11) is 1.61. The van der Waals surface area contributed by atoms with Gasteiger partial charge in [-0.15, -0.1) is 0 Å². The first-order valence-electron chi connectivity index (χ1n) is 10.1. The minimum atomic E-state index is -0.651. The fraction of sp³-hybridized carbons (Fsp3) is 0.0800. The van der Waals surface area contributed by atoms with Crippen LogP contribution in [0, 0.1) is 0 Å². The predicted octanol–water partition coefficient (Wildman–Crippen LogP) is 4.55. The Kier molecular flexibility index (Phi) is 6.42. The third-order valence-electron chi connectivity index (χ3n) is 4.99. The minimum Gasteiger partial charge on any atom is -0.497 e. The molecule has 2 N–H and O–H groups in total. The zero-order valence-electron chi connectivity index (χ0n) is 17.7. The first-order valence-corrected chi connectivity index (χ1v) is 10.5. The third-order valence-corrected chi connectivity index (χ3v) is 5.24. The summed E-state index contributed by atoms with van der Waals surface area (Å²) in [4.78, 5) is 38.2. The second kappa shape index (κ2) is 9.58. The van der Waals surface area contributed by atoms with Crippen molar-refractivity contribution in [2.24, 2.45) is 0 Å². The smallest absolute Gasteiger partial charge is 0.329 e. The van der Waals surface area contributed by atoms with Gasteiger partial charge in [-0.2, -0.15) is 0 Å². The lowest BCUT2D eigenvalue weighted by Gasteiger charge is -2.12. The number of hydrogen-bond donors (Lipinski definition) is 2. The van der Waals surface area contributed by atoms with E-state index in [4.69, 9.17) is 16.3 Å². The van der Waals surface area contributed by atoms with Gasteiger partial charge in [0, 0.05) is 10.7 Å². The van der Waals surface area contributed by atoms with Crippen molar-refractivity contribution >= 4 is 41.2 Å². The molecule has 1 aliphatic rings. The van der Waals surface area contributed by atoms with Crippen molar-refractivity contribution in [3.63, 3.8) is 0 Å². The highest BCUT2D eigenvalue weighted by Crippen LogP contribution is 2.25. The van der Waals surface area contributed by atoms with Crippen LogP contribution >= 0.6 is 11.6 Å². The molecule has 4 amide bonds. The number of amides is 4. The highest BCUT2D eigenvalue weighted by Gasteiger charge is 2.34. The van der Waals surface area contributed by atoms with Crippen LogP contribution in [0.4, 0.5) is 10.5 Å². The molecule has 1 aliphatic heterocycles. The van der Waals surface area contributed by atoms with Gasteiger partial charge < -0.3 is 15.4 Å². The Hall–Kier alpha value is -4.10. The summed E-state index contributed by atoms with van der Waals surface area (Å²) >= 11 is 5.83. The molecule has 0 aliphatic carbocycles. The zero-order valence-corrected chi connectivity index (χ0v) is 18.4. The molecule has 1 fully saturated rings. The highest BCUT2D eigenvalue weighted by atomic mass is 35.5. The quantitative estimate of drug-likeness (QED) is 0.416. The van der Waals surface area contributed by atoms with Gasteiger partial charge in [0.05, 0.1) is 7.11 Å². The van der Waals surface area contributed by atoms with Crippen LogP contribution in [0.15, 0.2) is 78.5 Å². The first-order chi connectivity index (χ1) is 15.9. The van der Waals surface area contributed by atoms with E-state index >= 15 is 0 Å². The van der Waals surface area contributed by atoms with Crippen LogP contribution in [-0.4, -0.2) is 36.4 Å². The largest absolute Gasteiger partial charge is 0.497 e. The molecule has 0 saturated carbocycles. The van der Waals surface area contributed by atoms with E-state index in [0.29, 0.717) is 10.7 Å². The van der Waals surface area contributed by atoms with E-state index in [1.54, 1.807) is 37.5 Å². The van der Waals surface area contributed by atoms with E-state index in [9.17, 15) is 14.4 Å². The SMILES string of the molecule is COc1cccc(-c2cccc(C=C3NC(=O)N(CC(=O)Nc4ccc(Cl)cc4)C3=O)c2)c1. The summed E-state index contributed by atoms with van der Waals surface area (Å²) in [6.45, 7) is -0.408. The molecule has 0 aromatic heterocycles. The molecule has 0 atom stereocenters. The molecule has 8 heteroatoms. The van der Waals surface area contributed by atoms with Gasteiger partial charge in [-0.05, 0) is 65.2 Å². The number of methoxy groups -OCH3 is 1. The molecule has 4 rings (SSSR count). The molecule has 1 heterocycles. The van der Waals surface area contributed by atoms with Gasteiger partial charge >= 0.3 is 6.03 Å². The van der Waals surface area contributed by atoms with Crippen molar-refractivity contribution in [3.05, 3.63) is 89.1 Å². The van der Waals surface area contributed by atoms with Crippen molar-refractivity contribution in [1.82, 2.24) is 10.2 Å². The van der Waals surface area contributed by atoms with Crippen LogP contribution < -0.4 is 15.4 Å². The van der Waals surface area contributed by atoms with Crippen LogP contribution in [0.5, 0.6) is 5.75 Å². The summed E-state index contributed by atoms with van der Waals surface area (Å²) in [5, 5.41) is 5.71. The summed E-state index contributed by atoms with van der Waals surface area (Å²) in [6.07, 6.45) is 1.58. The maximum atomic E-state index is 12.8. The van der Waals surface area contributed by atoms with E-state index in [1.807, 2.05) is 48.5 Å². The van der Waals surface area contributed by atoms with Gasteiger partial charge in [0.1, 0.15) is 18.0 Å². The molecule has 7 nitrogen and oxygen atoms in total. The number of hydrogen-bond acceptors (Lipinski definition) is 4. The van der Waals surface area contributed by atoms with Crippen LogP contribution in [0.1, 0.15) is 5.56 Å². The van der Waals surface area contributed by atoms with Crippen molar-refractivity contribution in [2.75, 3.05) is 19.0 Å². The summed E-state index contributed by atoms with van der Waals surface area (Å²) < 4.78 is 5.28. The second-order valence-corrected chi connectivity index (χ2v) is 7.73. The Balaban J connectivity index is 1.48. The van der Waals surface area contributed by atoms with E-state index in [1.165, 1.54) is 0 Å². The number of urea groups is 1. The summed E-state index contributed by atoms with van der Waals surface area (Å²) in [5.74, 6) is -0.331. The summed E-state index contributed by atoms with van der Waals surface area (Å²) in [6, 6.07) is 21.0. The standard InChI is InChI=1S/C25H20ClN3O4/c1-33-21-7-3-6-18(14-21)17-5-2-4-16(12-17)13-22-24(31)29(25(32)28-22)15-23(30)27-20-10-8-19(26)9-11-20/h2-14H,15H2,1H3,(H,27,30)(H,28,32). The van der Waals surface area contributed by atoms with E-state index in [2.05, 4.69) is 10.6 Å². The molecule has 0 radical (unpaired) electrons. The van der Waals surface area contributed by atoms with Crippen LogP contribution in [0.25, 0.3) is 17.2 Å². The van der Waals surface area contributed by atoms with Gasteiger partial charge in [0.25, 0.3) is 5.91 Å². The maximum Gasteiger partial charge on any atom is 0.329 e. The lowest BCUT2D eigenvalue weighted by atomic mass is 10.0. The third kappa shape index (κ3) is 5.22. The van der Waals surface area contributed by atoms with Gasteiger partial charge in [0.2, 0.25) is 5.91 Å². The van der Waals surface area contributed by atoms with Gasteiger partial charge in [-0.3, -0.25) is 9.59 Å². The summed E-state index contributed by atoms with van der Waals surface area (Å²) in [5.41, 5.74) is 3.23. The van der Waals surface area contributed by atoms with Crippen molar-refractivity contribution in [2.45, 2.75) is 0 Å². The number of imide groups is 1. The van der Waals surface area contributed by atoms with Gasteiger partial charge in [-0.1, -0.05) is 41.9 Å². The predicted molar refractivity (Wildman–Crippen MR) is 127 cm³/mol.